The number of rotatable bonds is 6. The molecule has 2 rings (SSSR count). The number of amides is 1. The third-order valence-electron chi connectivity index (χ3n) is 2.93. The van der Waals surface area contributed by atoms with Crippen LogP contribution in [0.3, 0.4) is 0 Å². The Balaban J connectivity index is 1.98. The van der Waals surface area contributed by atoms with Crippen LogP contribution in [0.4, 0.5) is 5.69 Å². The van der Waals surface area contributed by atoms with Crippen molar-refractivity contribution in [3.8, 4) is 5.75 Å². The molecule has 0 aliphatic carbocycles. The number of benzene rings is 2. The molecule has 7 nitrogen and oxygen atoms in total. The molecule has 0 atom stereocenters. The van der Waals surface area contributed by atoms with Gasteiger partial charge in [-0.1, -0.05) is 0 Å². The lowest BCUT2D eigenvalue weighted by atomic mass is 10.2. The van der Waals surface area contributed by atoms with Gasteiger partial charge < -0.3 is 4.74 Å². The summed E-state index contributed by atoms with van der Waals surface area (Å²) in [5.41, 5.74) is 3.98. The number of halogens is 1. The average molecular weight is 392 g/mol. The Bertz CT molecular complexity index is 775. The molecule has 0 saturated heterocycles. The van der Waals surface area contributed by atoms with Gasteiger partial charge in [0.15, 0.2) is 0 Å². The maximum Gasteiger partial charge on any atom is 0.269 e. The van der Waals surface area contributed by atoms with Gasteiger partial charge in [-0.2, -0.15) is 5.10 Å². The molecule has 0 heterocycles. The second-order valence-corrected chi connectivity index (χ2v) is 5.68. The van der Waals surface area contributed by atoms with Crippen LogP contribution in [0.5, 0.6) is 5.75 Å². The predicted octanol–water partition coefficient (Wildman–Crippen LogP) is 3.41. The molecule has 0 aliphatic rings. The van der Waals surface area contributed by atoms with Gasteiger partial charge in [-0.3, -0.25) is 14.9 Å². The first kappa shape index (κ1) is 17.6. The Morgan fingerprint density at radius 3 is 2.62 bits per heavy atom. The van der Waals surface area contributed by atoms with Crippen molar-refractivity contribution in [1.29, 1.82) is 0 Å². The van der Waals surface area contributed by atoms with Crippen LogP contribution in [0.25, 0.3) is 0 Å². The number of nitrogens with one attached hydrogen (secondary N) is 1. The van der Waals surface area contributed by atoms with Gasteiger partial charge in [0.25, 0.3) is 5.69 Å². The molecule has 0 aromatic heterocycles. The Morgan fingerprint density at radius 2 is 2.04 bits per heavy atom. The van der Waals surface area contributed by atoms with E-state index in [2.05, 4.69) is 26.5 Å². The topological polar surface area (TPSA) is 93.8 Å². The number of carbonyl (C=O) groups is 1. The zero-order valence-corrected chi connectivity index (χ0v) is 14.3. The molecule has 0 bridgehead atoms. The number of hydrazone groups is 1. The molecule has 0 spiro atoms. The minimum Gasteiger partial charge on any atom is -0.488 e. The Kier molecular flexibility index (Phi) is 6.02. The quantitative estimate of drug-likeness (QED) is 0.463. The minimum atomic E-state index is -0.442. The summed E-state index contributed by atoms with van der Waals surface area (Å²) in [5.74, 6) is 0.387. The van der Waals surface area contributed by atoms with Crippen LogP contribution in [-0.4, -0.2) is 17.0 Å². The molecule has 1 amide bonds. The average Bonchev–Trinajstić information content (AvgIpc) is 2.54. The third kappa shape index (κ3) is 5.17. The van der Waals surface area contributed by atoms with Crippen molar-refractivity contribution in [2.24, 2.45) is 5.10 Å². The molecule has 0 unspecified atom stereocenters. The maximum atomic E-state index is 10.7. The number of non-ortho nitro benzene ring substituents is 1. The lowest BCUT2D eigenvalue weighted by Crippen LogP contribution is -2.12. The van der Waals surface area contributed by atoms with Gasteiger partial charge >= 0.3 is 0 Å². The van der Waals surface area contributed by atoms with Crippen LogP contribution < -0.4 is 10.2 Å². The van der Waals surface area contributed by atoms with Gasteiger partial charge in [-0.25, -0.2) is 5.43 Å². The van der Waals surface area contributed by atoms with E-state index in [-0.39, 0.29) is 18.2 Å². The van der Waals surface area contributed by atoms with Gasteiger partial charge in [0.2, 0.25) is 5.91 Å². The van der Waals surface area contributed by atoms with Crippen molar-refractivity contribution in [2.75, 3.05) is 0 Å². The molecule has 24 heavy (non-hydrogen) atoms. The molecule has 2 aromatic rings. The fourth-order valence-corrected chi connectivity index (χ4v) is 2.30. The fraction of sp³-hybridized carbons (Fsp3) is 0.125. The van der Waals surface area contributed by atoms with E-state index in [1.54, 1.807) is 30.3 Å². The number of ether oxygens (including phenoxy) is 1. The lowest BCUT2D eigenvalue weighted by molar-refractivity contribution is -0.384. The normalized spacial score (nSPS) is 10.6. The first-order valence-corrected chi connectivity index (χ1v) is 7.70. The molecular formula is C16H14BrN3O4. The highest BCUT2D eigenvalue weighted by Crippen LogP contribution is 2.26. The molecule has 0 fully saturated rings. The summed E-state index contributed by atoms with van der Waals surface area (Å²) in [4.78, 5) is 20.9. The second kappa shape index (κ2) is 8.21. The van der Waals surface area contributed by atoms with E-state index in [1.807, 2.05) is 0 Å². The summed E-state index contributed by atoms with van der Waals surface area (Å²) >= 11 is 3.41. The maximum absolute atomic E-state index is 10.7. The Hall–Kier alpha value is -2.74. The number of nitro benzene ring substituents is 1. The van der Waals surface area contributed by atoms with Crippen LogP contribution in [-0.2, 0) is 11.4 Å². The van der Waals surface area contributed by atoms with E-state index in [0.29, 0.717) is 5.75 Å². The molecule has 124 valence electrons. The number of nitrogens with zero attached hydrogens (tertiary/aromatic N) is 2. The highest BCUT2D eigenvalue weighted by Gasteiger charge is 2.06. The Morgan fingerprint density at radius 1 is 1.33 bits per heavy atom. The second-order valence-electron chi connectivity index (χ2n) is 4.83. The Labute approximate surface area is 146 Å². The van der Waals surface area contributed by atoms with Crippen molar-refractivity contribution in [3.63, 3.8) is 0 Å². The third-order valence-corrected chi connectivity index (χ3v) is 3.55. The van der Waals surface area contributed by atoms with Crippen LogP contribution in [0.15, 0.2) is 52.0 Å². The van der Waals surface area contributed by atoms with Gasteiger partial charge in [0, 0.05) is 19.1 Å². The summed E-state index contributed by atoms with van der Waals surface area (Å²) in [6, 6.07) is 11.5. The largest absolute Gasteiger partial charge is 0.488 e. The summed E-state index contributed by atoms with van der Waals surface area (Å²) in [7, 11) is 0. The van der Waals surface area contributed by atoms with Crippen molar-refractivity contribution in [1.82, 2.24) is 5.43 Å². The number of carbonyl (C=O) groups excluding carboxylic acids is 1. The van der Waals surface area contributed by atoms with E-state index in [0.717, 1.165) is 15.6 Å². The highest BCUT2D eigenvalue weighted by atomic mass is 79.9. The summed E-state index contributed by atoms with van der Waals surface area (Å²) in [5, 5.41) is 14.4. The zero-order valence-electron chi connectivity index (χ0n) is 12.7. The van der Waals surface area contributed by atoms with Crippen molar-refractivity contribution in [3.05, 3.63) is 68.2 Å². The monoisotopic (exact) mass is 391 g/mol. The van der Waals surface area contributed by atoms with E-state index >= 15 is 0 Å². The van der Waals surface area contributed by atoms with Crippen molar-refractivity contribution in [2.45, 2.75) is 13.5 Å². The SMILES string of the molecule is CC(=O)N/N=C\c1ccc(OCc2ccc([N+](=O)[O-])cc2)c(Br)c1. The zero-order chi connectivity index (χ0) is 17.5. The summed E-state index contributed by atoms with van der Waals surface area (Å²) in [6.45, 7) is 1.66. The first-order valence-electron chi connectivity index (χ1n) is 6.91. The molecule has 8 heteroatoms. The van der Waals surface area contributed by atoms with Crippen LogP contribution in [0.1, 0.15) is 18.1 Å². The van der Waals surface area contributed by atoms with Gasteiger partial charge in [0.05, 0.1) is 15.6 Å². The first-order chi connectivity index (χ1) is 11.5. The standard InChI is InChI=1S/C16H14BrN3O4/c1-11(21)19-18-9-13-4-7-16(15(17)8-13)24-10-12-2-5-14(6-3-12)20(22)23/h2-9H,10H2,1H3,(H,19,21)/b18-9-. The minimum absolute atomic E-state index is 0.0442. The predicted molar refractivity (Wildman–Crippen MR) is 93.0 cm³/mol. The molecule has 0 aliphatic heterocycles. The molecule has 2 aromatic carbocycles. The number of nitro groups is 1. The molecule has 1 N–H and O–H groups in total. The molecular weight excluding hydrogens is 378 g/mol. The summed E-state index contributed by atoms with van der Waals surface area (Å²) < 4.78 is 6.42. The lowest BCUT2D eigenvalue weighted by Gasteiger charge is -2.09. The van der Waals surface area contributed by atoms with Crippen molar-refractivity contribution >= 4 is 33.7 Å². The number of hydrogen-bond acceptors (Lipinski definition) is 5. The fourth-order valence-electron chi connectivity index (χ4n) is 1.79. The van der Waals surface area contributed by atoms with Crippen molar-refractivity contribution < 1.29 is 14.5 Å². The molecule has 0 saturated carbocycles. The smallest absolute Gasteiger partial charge is 0.269 e. The number of hydrogen-bond donors (Lipinski definition) is 1. The van der Waals surface area contributed by atoms with Crippen LogP contribution in [0.2, 0.25) is 0 Å². The summed E-state index contributed by atoms with van der Waals surface area (Å²) in [6.07, 6.45) is 1.52. The van der Waals surface area contributed by atoms with E-state index < -0.39 is 4.92 Å². The van der Waals surface area contributed by atoms with Crippen LogP contribution in [0, 0.1) is 10.1 Å². The van der Waals surface area contributed by atoms with E-state index in [1.165, 1.54) is 25.3 Å². The van der Waals surface area contributed by atoms with E-state index in [4.69, 9.17) is 4.74 Å². The van der Waals surface area contributed by atoms with E-state index in [9.17, 15) is 14.9 Å². The van der Waals surface area contributed by atoms with Crippen LogP contribution >= 0.6 is 15.9 Å². The molecule has 0 radical (unpaired) electrons. The van der Waals surface area contributed by atoms with Gasteiger partial charge in [0.1, 0.15) is 12.4 Å². The highest BCUT2D eigenvalue weighted by molar-refractivity contribution is 9.10. The van der Waals surface area contributed by atoms with Gasteiger partial charge in [-0.05, 0) is 57.4 Å². The van der Waals surface area contributed by atoms with Gasteiger partial charge in [-0.15, -0.1) is 0 Å².